The van der Waals surface area contributed by atoms with Crippen LogP contribution in [0.2, 0.25) is 0 Å². The van der Waals surface area contributed by atoms with E-state index in [1.807, 2.05) is 13.1 Å². The van der Waals surface area contributed by atoms with E-state index in [1.165, 1.54) is 19.3 Å². The van der Waals surface area contributed by atoms with E-state index in [0.29, 0.717) is 17.8 Å². The van der Waals surface area contributed by atoms with Crippen LogP contribution in [0.4, 0.5) is 5.82 Å². The van der Waals surface area contributed by atoms with Crippen molar-refractivity contribution in [2.24, 2.45) is 13.0 Å². The van der Waals surface area contributed by atoms with Gasteiger partial charge in [0.15, 0.2) is 5.82 Å². The molecule has 0 radical (unpaired) electrons. The summed E-state index contributed by atoms with van der Waals surface area (Å²) in [6, 6.07) is 2.32. The lowest BCUT2D eigenvalue weighted by molar-refractivity contribution is 0.0696. The number of rotatable bonds is 3. The topological polar surface area (TPSA) is 96.0 Å². The maximum atomic E-state index is 10.5. The molecule has 0 bridgehead atoms. The Balaban J connectivity index is 1.84. The minimum Gasteiger partial charge on any atom is -0.384 e. The molecule has 7 heteroatoms. The predicted octanol–water partition coefficient (Wildman–Crippen LogP) is 3.21. The largest absolute Gasteiger partial charge is 0.384 e. The number of aryl methyl sites for hydroxylation is 1. The molecular weight excluding hydrogens is 352 g/mol. The van der Waals surface area contributed by atoms with E-state index >= 15 is 0 Å². The lowest BCUT2D eigenvalue weighted by Gasteiger charge is -2.41. The van der Waals surface area contributed by atoms with Crippen LogP contribution in [-0.4, -0.2) is 36.0 Å². The summed E-state index contributed by atoms with van der Waals surface area (Å²) in [5.41, 5.74) is 10.3. The van der Waals surface area contributed by atoms with Gasteiger partial charge in [0.1, 0.15) is 5.60 Å². The zero-order valence-electron chi connectivity index (χ0n) is 17.2. The van der Waals surface area contributed by atoms with E-state index in [4.69, 9.17) is 5.73 Å². The summed E-state index contributed by atoms with van der Waals surface area (Å²) in [7, 11) is 1.85. The quantitative estimate of drug-likeness (QED) is 0.757. The van der Waals surface area contributed by atoms with Crippen molar-refractivity contribution < 1.29 is 5.11 Å². The van der Waals surface area contributed by atoms with Crippen molar-refractivity contribution in [1.29, 1.82) is 0 Å². The summed E-state index contributed by atoms with van der Waals surface area (Å²) in [5, 5.41) is 22.5. The van der Waals surface area contributed by atoms with Gasteiger partial charge in [-0.3, -0.25) is 9.78 Å². The van der Waals surface area contributed by atoms with Gasteiger partial charge in [0.25, 0.3) is 0 Å². The number of nitrogens with two attached hydrogens (primary N) is 1. The van der Waals surface area contributed by atoms with Crippen molar-refractivity contribution in [3.63, 3.8) is 0 Å². The van der Waals surface area contributed by atoms with Crippen LogP contribution in [0.15, 0.2) is 18.8 Å². The summed E-state index contributed by atoms with van der Waals surface area (Å²) in [4.78, 5) is 2.27. The first-order valence-electron chi connectivity index (χ1n) is 9.99. The molecule has 2 aromatic heterocycles. The van der Waals surface area contributed by atoms with Crippen molar-refractivity contribution in [2.45, 2.75) is 58.1 Å². The number of aromatic nitrogens is 4. The lowest BCUT2D eigenvalue weighted by atomic mass is 9.83. The number of H-pyrrole nitrogens is 1. The van der Waals surface area contributed by atoms with Gasteiger partial charge in [-0.05, 0) is 38.7 Å². The van der Waals surface area contributed by atoms with Crippen LogP contribution < -0.4 is 5.73 Å². The highest BCUT2D eigenvalue weighted by molar-refractivity contribution is 5.90. The number of hydrogen-bond donors (Lipinski definition) is 3. The molecule has 0 spiro atoms. The average Bonchev–Trinajstić information content (AvgIpc) is 3.20. The van der Waals surface area contributed by atoms with Gasteiger partial charge < -0.3 is 15.7 Å². The fraction of sp³-hybridized carbons (Fsp3) is 0.524. The highest BCUT2D eigenvalue weighted by atomic mass is 16.3. The first-order chi connectivity index (χ1) is 13.2. The second-order valence-corrected chi connectivity index (χ2v) is 8.68. The van der Waals surface area contributed by atoms with Crippen LogP contribution in [0.25, 0.3) is 11.3 Å². The zero-order valence-corrected chi connectivity index (χ0v) is 17.2. The SMILES string of the molecule is C=C1c2c(N)n[nH]c2C(c2cc(C(C)(C)O)n(C)n2)=CN1C1CCCCC1C. The molecule has 1 aliphatic heterocycles. The van der Waals surface area contributed by atoms with Crippen molar-refractivity contribution in [2.75, 3.05) is 5.73 Å². The predicted molar refractivity (Wildman–Crippen MR) is 111 cm³/mol. The minimum absolute atomic E-state index is 0.385. The third-order valence-corrected chi connectivity index (χ3v) is 6.14. The van der Waals surface area contributed by atoms with E-state index in [0.717, 1.165) is 40.3 Å². The van der Waals surface area contributed by atoms with Crippen LogP contribution in [0.1, 0.15) is 69.1 Å². The number of aromatic amines is 1. The molecule has 4 rings (SSSR count). The second-order valence-electron chi connectivity index (χ2n) is 8.68. The highest BCUT2D eigenvalue weighted by Crippen LogP contribution is 2.42. The molecule has 2 atom stereocenters. The number of nitrogens with zero attached hydrogens (tertiary/aromatic N) is 4. The van der Waals surface area contributed by atoms with E-state index < -0.39 is 5.60 Å². The fourth-order valence-corrected chi connectivity index (χ4v) is 4.63. The molecule has 2 unspecified atom stereocenters. The molecule has 150 valence electrons. The first kappa shape index (κ1) is 18.8. The van der Waals surface area contributed by atoms with Gasteiger partial charge in [-0.25, -0.2) is 0 Å². The molecule has 0 saturated heterocycles. The maximum Gasteiger partial charge on any atom is 0.155 e. The Morgan fingerprint density at radius 2 is 2.04 bits per heavy atom. The summed E-state index contributed by atoms with van der Waals surface area (Å²) in [6.07, 6.45) is 6.99. The Kier molecular flexibility index (Phi) is 4.38. The van der Waals surface area contributed by atoms with Gasteiger partial charge in [-0.2, -0.15) is 10.2 Å². The molecule has 2 aromatic rings. The van der Waals surface area contributed by atoms with Gasteiger partial charge in [0.05, 0.1) is 22.6 Å². The summed E-state index contributed by atoms with van der Waals surface area (Å²) in [6.45, 7) is 10.2. The second kappa shape index (κ2) is 6.51. The Hall–Kier alpha value is -2.54. The molecule has 3 heterocycles. The Labute approximate surface area is 165 Å². The van der Waals surface area contributed by atoms with Crippen molar-refractivity contribution >= 4 is 17.1 Å². The van der Waals surface area contributed by atoms with Crippen LogP contribution in [-0.2, 0) is 12.6 Å². The molecule has 4 N–H and O–H groups in total. The van der Waals surface area contributed by atoms with E-state index in [9.17, 15) is 5.11 Å². The molecule has 1 aliphatic carbocycles. The van der Waals surface area contributed by atoms with Crippen LogP contribution in [0, 0.1) is 5.92 Å². The van der Waals surface area contributed by atoms with Gasteiger partial charge in [0, 0.05) is 30.6 Å². The molecule has 7 nitrogen and oxygen atoms in total. The molecule has 1 saturated carbocycles. The Bertz CT molecular complexity index is 945. The number of aliphatic hydroxyl groups is 1. The average molecular weight is 383 g/mol. The summed E-state index contributed by atoms with van der Waals surface area (Å²) in [5.74, 6) is 1.03. The van der Waals surface area contributed by atoms with Crippen LogP contribution >= 0.6 is 0 Å². The maximum absolute atomic E-state index is 10.5. The van der Waals surface area contributed by atoms with Gasteiger partial charge in [-0.1, -0.05) is 26.3 Å². The van der Waals surface area contributed by atoms with E-state index in [-0.39, 0.29) is 0 Å². The van der Waals surface area contributed by atoms with Crippen LogP contribution in [0.3, 0.4) is 0 Å². The molecule has 0 aromatic carbocycles. The molecule has 0 amide bonds. The fourth-order valence-electron chi connectivity index (χ4n) is 4.63. The Morgan fingerprint density at radius 1 is 1.32 bits per heavy atom. The zero-order chi connectivity index (χ0) is 20.2. The normalized spacial score (nSPS) is 23.0. The van der Waals surface area contributed by atoms with E-state index in [2.05, 4.69) is 39.9 Å². The van der Waals surface area contributed by atoms with Crippen LogP contribution in [0.5, 0.6) is 0 Å². The molecule has 2 aliphatic rings. The number of fused-ring (bicyclic) bond motifs is 1. The number of nitrogen functional groups attached to an aromatic ring is 1. The number of anilines is 1. The molecular formula is C21H30N6O. The minimum atomic E-state index is -0.980. The van der Waals surface area contributed by atoms with Gasteiger partial charge in [0.2, 0.25) is 0 Å². The number of hydrogen-bond acceptors (Lipinski definition) is 5. The van der Waals surface area contributed by atoms with Crippen molar-refractivity contribution in [1.82, 2.24) is 24.9 Å². The van der Waals surface area contributed by atoms with Crippen molar-refractivity contribution in [3.05, 3.63) is 41.5 Å². The number of nitrogens with one attached hydrogen (secondary N) is 1. The standard InChI is InChI=1S/C21H30N6O/c1-12-8-6-7-9-16(12)27-11-14(19-18(13(27)2)20(22)24-23-19)15-10-17(21(3,4)28)26(5)25-15/h10-12,16,28H,2,6-9H2,1,3-5H3,(H3,22,23,24). The van der Waals surface area contributed by atoms with Gasteiger partial charge in [-0.15, -0.1) is 0 Å². The summed E-state index contributed by atoms with van der Waals surface area (Å²) < 4.78 is 1.73. The monoisotopic (exact) mass is 382 g/mol. The van der Waals surface area contributed by atoms with Gasteiger partial charge >= 0.3 is 0 Å². The highest BCUT2D eigenvalue weighted by Gasteiger charge is 2.35. The Morgan fingerprint density at radius 3 is 2.68 bits per heavy atom. The third kappa shape index (κ3) is 2.94. The third-order valence-electron chi connectivity index (χ3n) is 6.14. The smallest absolute Gasteiger partial charge is 0.155 e. The molecule has 1 fully saturated rings. The van der Waals surface area contributed by atoms with Crippen molar-refractivity contribution in [3.8, 4) is 0 Å². The summed E-state index contributed by atoms with van der Waals surface area (Å²) >= 11 is 0. The first-order valence-corrected chi connectivity index (χ1v) is 9.99. The molecule has 28 heavy (non-hydrogen) atoms. The lowest BCUT2D eigenvalue weighted by Crippen LogP contribution is -2.38. The van der Waals surface area contributed by atoms with E-state index in [1.54, 1.807) is 18.5 Å².